The number of halogens is 1. The average Bonchev–Trinajstić information content (AvgIpc) is 3.10. The third-order valence-corrected chi connectivity index (χ3v) is 3.12. The molecule has 17 heavy (non-hydrogen) atoms. The largest absolute Gasteiger partial charge is 0.348 e. The maximum Gasteiger partial charge on any atom is 0.240 e. The molecule has 1 fully saturated rings. The lowest BCUT2D eigenvalue weighted by molar-refractivity contribution is -0.125. The van der Waals surface area contributed by atoms with Crippen LogP contribution in [0, 0.1) is 22.6 Å². The van der Waals surface area contributed by atoms with Crippen molar-refractivity contribution in [3.05, 3.63) is 35.6 Å². The van der Waals surface area contributed by atoms with E-state index in [1.165, 1.54) is 12.1 Å². The van der Waals surface area contributed by atoms with Crippen LogP contribution in [0.15, 0.2) is 24.3 Å². The van der Waals surface area contributed by atoms with E-state index in [4.69, 9.17) is 5.26 Å². The van der Waals surface area contributed by atoms with E-state index in [1.54, 1.807) is 12.1 Å². The molecule has 1 unspecified atom stereocenters. The Bertz CT molecular complexity index is 471. The van der Waals surface area contributed by atoms with Gasteiger partial charge in [-0.2, -0.15) is 5.26 Å². The molecule has 1 amide bonds. The normalized spacial score (nSPS) is 17.9. The van der Waals surface area contributed by atoms with Gasteiger partial charge in [-0.3, -0.25) is 4.79 Å². The highest BCUT2D eigenvalue weighted by Gasteiger charge is 2.50. The highest BCUT2D eigenvalue weighted by atomic mass is 19.1. The summed E-state index contributed by atoms with van der Waals surface area (Å²) in [5.74, 6) is -0.528. The lowest BCUT2D eigenvalue weighted by atomic mass is 10.1. The molecule has 3 nitrogen and oxygen atoms in total. The van der Waals surface area contributed by atoms with Gasteiger partial charge in [-0.05, 0) is 37.5 Å². The first kappa shape index (κ1) is 11.6. The molecule has 1 atom stereocenters. The summed E-state index contributed by atoms with van der Waals surface area (Å²) in [5.41, 5.74) is 0.0161. The van der Waals surface area contributed by atoms with Crippen molar-refractivity contribution < 1.29 is 9.18 Å². The van der Waals surface area contributed by atoms with Gasteiger partial charge in [0.1, 0.15) is 11.2 Å². The second kappa shape index (κ2) is 4.17. The second-order valence-electron chi connectivity index (χ2n) is 4.44. The minimum atomic E-state index is -0.811. The summed E-state index contributed by atoms with van der Waals surface area (Å²) >= 11 is 0. The maximum absolute atomic E-state index is 12.7. The quantitative estimate of drug-likeness (QED) is 0.869. The van der Waals surface area contributed by atoms with E-state index in [-0.39, 0.29) is 17.8 Å². The Morgan fingerprint density at radius 2 is 2.06 bits per heavy atom. The van der Waals surface area contributed by atoms with Gasteiger partial charge in [0.15, 0.2) is 0 Å². The lowest BCUT2D eigenvalue weighted by Gasteiger charge is -2.16. The number of nitrogens with zero attached hydrogens (tertiary/aromatic N) is 1. The molecule has 1 aliphatic carbocycles. The van der Waals surface area contributed by atoms with Gasteiger partial charge in [0.25, 0.3) is 0 Å². The van der Waals surface area contributed by atoms with E-state index in [1.807, 2.05) is 13.0 Å². The number of nitriles is 1. The summed E-state index contributed by atoms with van der Waals surface area (Å²) in [7, 11) is 0. The van der Waals surface area contributed by atoms with E-state index in [0.29, 0.717) is 12.8 Å². The van der Waals surface area contributed by atoms with Crippen LogP contribution in [0.5, 0.6) is 0 Å². The van der Waals surface area contributed by atoms with E-state index < -0.39 is 5.41 Å². The van der Waals surface area contributed by atoms with Gasteiger partial charge < -0.3 is 5.32 Å². The molecule has 0 heterocycles. The predicted octanol–water partition coefficient (Wildman–Crippen LogP) is 2.31. The Balaban J connectivity index is 2.02. The molecule has 4 heteroatoms. The van der Waals surface area contributed by atoms with Crippen LogP contribution in [-0.2, 0) is 4.79 Å². The molecule has 1 aromatic rings. The van der Waals surface area contributed by atoms with Gasteiger partial charge in [-0.25, -0.2) is 4.39 Å². The van der Waals surface area contributed by atoms with Crippen LogP contribution in [0.4, 0.5) is 4.39 Å². The number of hydrogen-bond donors (Lipinski definition) is 1. The Hall–Kier alpha value is -1.89. The molecule has 2 rings (SSSR count). The summed E-state index contributed by atoms with van der Waals surface area (Å²) in [6.45, 7) is 1.82. The topological polar surface area (TPSA) is 52.9 Å². The summed E-state index contributed by atoms with van der Waals surface area (Å²) in [6.07, 6.45) is 1.26. The van der Waals surface area contributed by atoms with Gasteiger partial charge in [-0.1, -0.05) is 12.1 Å². The van der Waals surface area contributed by atoms with Crippen molar-refractivity contribution in [1.29, 1.82) is 5.26 Å². The molecular weight excluding hydrogens is 219 g/mol. The van der Waals surface area contributed by atoms with Crippen LogP contribution in [0.3, 0.4) is 0 Å². The zero-order chi connectivity index (χ0) is 12.5. The molecule has 0 aliphatic heterocycles. The Kier molecular flexibility index (Phi) is 2.84. The zero-order valence-electron chi connectivity index (χ0n) is 9.53. The van der Waals surface area contributed by atoms with Crippen LogP contribution in [0.25, 0.3) is 0 Å². The highest BCUT2D eigenvalue weighted by Crippen LogP contribution is 2.45. The van der Waals surface area contributed by atoms with Crippen molar-refractivity contribution >= 4 is 5.91 Å². The summed E-state index contributed by atoms with van der Waals surface area (Å²) in [5, 5.41) is 11.7. The Morgan fingerprint density at radius 3 is 2.53 bits per heavy atom. The van der Waals surface area contributed by atoms with Crippen molar-refractivity contribution in [2.24, 2.45) is 5.41 Å². The van der Waals surface area contributed by atoms with Crippen molar-refractivity contribution in [3.8, 4) is 6.07 Å². The van der Waals surface area contributed by atoms with Gasteiger partial charge in [-0.15, -0.1) is 0 Å². The van der Waals surface area contributed by atoms with Crippen LogP contribution < -0.4 is 5.32 Å². The van der Waals surface area contributed by atoms with Crippen molar-refractivity contribution in [2.45, 2.75) is 25.8 Å². The van der Waals surface area contributed by atoms with E-state index in [0.717, 1.165) is 5.56 Å². The fraction of sp³-hybridized carbons (Fsp3) is 0.385. The third-order valence-electron chi connectivity index (χ3n) is 3.12. The number of carbonyl (C=O) groups excluding carboxylic acids is 1. The SMILES string of the molecule is CC(NC(=O)C1(C#N)CC1)c1ccc(F)cc1. The molecule has 0 aromatic heterocycles. The zero-order valence-corrected chi connectivity index (χ0v) is 9.53. The molecule has 1 N–H and O–H groups in total. The molecule has 0 bridgehead atoms. The molecule has 1 saturated carbocycles. The van der Waals surface area contributed by atoms with Crippen LogP contribution in [0.1, 0.15) is 31.4 Å². The first-order valence-electron chi connectivity index (χ1n) is 5.55. The summed E-state index contributed by atoms with van der Waals surface area (Å²) in [4.78, 5) is 11.8. The number of hydrogen-bond acceptors (Lipinski definition) is 2. The highest BCUT2D eigenvalue weighted by molar-refractivity contribution is 5.88. The van der Waals surface area contributed by atoms with Crippen molar-refractivity contribution in [1.82, 2.24) is 5.32 Å². The van der Waals surface area contributed by atoms with E-state index >= 15 is 0 Å². The van der Waals surface area contributed by atoms with E-state index in [9.17, 15) is 9.18 Å². The molecule has 1 aromatic carbocycles. The number of rotatable bonds is 3. The van der Waals surface area contributed by atoms with Gasteiger partial charge in [0.05, 0.1) is 12.1 Å². The monoisotopic (exact) mass is 232 g/mol. The second-order valence-corrected chi connectivity index (χ2v) is 4.44. The molecule has 0 radical (unpaired) electrons. The van der Waals surface area contributed by atoms with E-state index in [2.05, 4.69) is 5.32 Å². The van der Waals surface area contributed by atoms with Crippen LogP contribution in [-0.4, -0.2) is 5.91 Å². The molecule has 88 valence electrons. The van der Waals surface area contributed by atoms with Crippen molar-refractivity contribution in [2.75, 3.05) is 0 Å². The maximum atomic E-state index is 12.7. The minimum Gasteiger partial charge on any atom is -0.348 e. The number of benzene rings is 1. The average molecular weight is 232 g/mol. The first-order chi connectivity index (χ1) is 8.07. The predicted molar refractivity (Wildman–Crippen MR) is 60.2 cm³/mol. The fourth-order valence-electron chi connectivity index (χ4n) is 1.68. The van der Waals surface area contributed by atoms with Gasteiger partial charge in [0, 0.05) is 0 Å². The van der Waals surface area contributed by atoms with Crippen LogP contribution in [0.2, 0.25) is 0 Å². The fourth-order valence-corrected chi connectivity index (χ4v) is 1.68. The number of carbonyl (C=O) groups is 1. The minimum absolute atomic E-state index is 0.214. The first-order valence-corrected chi connectivity index (χ1v) is 5.55. The Morgan fingerprint density at radius 1 is 1.47 bits per heavy atom. The van der Waals surface area contributed by atoms with Crippen molar-refractivity contribution in [3.63, 3.8) is 0 Å². The number of nitrogens with one attached hydrogen (secondary N) is 1. The smallest absolute Gasteiger partial charge is 0.240 e. The summed E-state index contributed by atoms with van der Waals surface area (Å²) < 4.78 is 12.7. The standard InChI is InChI=1S/C13H13FN2O/c1-9(10-2-4-11(14)5-3-10)16-12(17)13(8-15)6-7-13/h2-5,9H,6-7H2,1H3,(H,16,17). The number of amides is 1. The lowest BCUT2D eigenvalue weighted by Crippen LogP contribution is -2.33. The van der Waals surface area contributed by atoms with Gasteiger partial charge >= 0.3 is 0 Å². The third kappa shape index (κ3) is 2.28. The van der Waals surface area contributed by atoms with Crippen LogP contribution >= 0.6 is 0 Å². The molecular formula is C13H13FN2O. The molecule has 0 spiro atoms. The molecule has 1 aliphatic rings. The summed E-state index contributed by atoms with van der Waals surface area (Å²) in [6, 6.07) is 7.81. The van der Waals surface area contributed by atoms with Gasteiger partial charge in [0.2, 0.25) is 5.91 Å². The Labute approximate surface area is 99.2 Å². The molecule has 0 saturated heterocycles.